The van der Waals surface area contributed by atoms with Gasteiger partial charge in [-0.1, -0.05) is 12.1 Å². The van der Waals surface area contributed by atoms with Crippen LogP contribution in [0.25, 0.3) is 0 Å². The highest BCUT2D eigenvalue weighted by atomic mass is 16.5. The van der Waals surface area contributed by atoms with Crippen LogP contribution in [0.15, 0.2) is 24.3 Å². The summed E-state index contributed by atoms with van der Waals surface area (Å²) in [6.45, 7) is 2.19. The highest BCUT2D eigenvalue weighted by molar-refractivity contribution is 5.92. The summed E-state index contributed by atoms with van der Waals surface area (Å²) < 4.78 is 11.5. The summed E-state index contributed by atoms with van der Waals surface area (Å²) in [5.74, 6) is 0.721. The van der Waals surface area contributed by atoms with E-state index in [9.17, 15) is 4.79 Å². The Kier molecular flexibility index (Phi) is 7.19. The Bertz CT molecular complexity index is 459. The first-order valence-corrected chi connectivity index (χ1v) is 8.07. The van der Waals surface area contributed by atoms with Crippen LogP contribution in [0.3, 0.4) is 0 Å². The number of hydrogen-bond donors (Lipinski definition) is 2. The maximum Gasteiger partial charge on any atom is 0.224 e. The number of rotatable bonds is 8. The number of hydrogen-bond acceptors (Lipinski definition) is 4. The first-order chi connectivity index (χ1) is 10.8. The van der Waals surface area contributed by atoms with Crippen molar-refractivity contribution in [3.8, 4) is 5.75 Å². The van der Waals surface area contributed by atoms with E-state index in [1.807, 2.05) is 31.3 Å². The first kappa shape index (κ1) is 16.8. The van der Waals surface area contributed by atoms with E-state index in [1.54, 1.807) is 0 Å². The van der Waals surface area contributed by atoms with Crippen LogP contribution in [-0.2, 0) is 9.53 Å². The summed E-state index contributed by atoms with van der Waals surface area (Å²) in [4.78, 5) is 11.9. The zero-order chi connectivity index (χ0) is 15.6. The molecule has 1 unspecified atom stereocenters. The molecule has 0 radical (unpaired) electrons. The highest BCUT2D eigenvalue weighted by Gasteiger charge is 2.15. The van der Waals surface area contributed by atoms with Gasteiger partial charge in [0.2, 0.25) is 5.91 Å². The third-order valence-corrected chi connectivity index (χ3v) is 3.69. The number of amides is 1. The van der Waals surface area contributed by atoms with Gasteiger partial charge in [-0.15, -0.1) is 0 Å². The predicted octanol–water partition coefficient (Wildman–Crippen LogP) is 2.57. The van der Waals surface area contributed by atoms with E-state index in [0.717, 1.165) is 38.1 Å². The SMILES string of the molecule is CNCCCC(=O)Nc1ccccc1OCC1CCCCO1. The Morgan fingerprint density at radius 3 is 3.00 bits per heavy atom. The van der Waals surface area contributed by atoms with Crippen molar-refractivity contribution in [3.05, 3.63) is 24.3 Å². The summed E-state index contributed by atoms with van der Waals surface area (Å²) in [6, 6.07) is 7.56. The maximum absolute atomic E-state index is 11.9. The summed E-state index contributed by atoms with van der Waals surface area (Å²) in [7, 11) is 1.88. The lowest BCUT2D eigenvalue weighted by Crippen LogP contribution is -2.26. The molecule has 0 aromatic heterocycles. The number of carbonyl (C=O) groups excluding carboxylic acids is 1. The van der Waals surface area contributed by atoms with E-state index in [0.29, 0.717) is 18.8 Å². The average Bonchev–Trinajstić information content (AvgIpc) is 2.55. The number of benzene rings is 1. The van der Waals surface area contributed by atoms with Crippen molar-refractivity contribution in [3.63, 3.8) is 0 Å². The number of ether oxygens (including phenoxy) is 2. The van der Waals surface area contributed by atoms with Gasteiger partial charge in [-0.3, -0.25) is 4.79 Å². The lowest BCUT2D eigenvalue weighted by atomic mass is 10.1. The van der Waals surface area contributed by atoms with E-state index in [4.69, 9.17) is 9.47 Å². The Balaban J connectivity index is 1.84. The second-order valence-corrected chi connectivity index (χ2v) is 5.55. The van der Waals surface area contributed by atoms with Crippen molar-refractivity contribution in [2.75, 3.05) is 32.1 Å². The fraction of sp³-hybridized carbons (Fsp3) is 0.588. The van der Waals surface area contributed by atoms with E-state index in [1.165, 1.54) is 6.42 Å². The normalized spacial score (nSPS) is 18.0. The molecule has 0 spiro atoms. The number of anilines is 1. The van der Waals surface area contributed by atoms with Crippen molar-refractivity contribution in [2.45, 2.75) is 38.2 Å². The van der Waals surface area contributed by atoms with Crippen LogP contribution in [0.4, 0.5) is 5.69 Å². The van der Waals surface area contributed by atoms with Crippen LogP contribution >= 0.6 is 0 Å². The van der Waals surface area contributed by atoms with Gasteiger partial charge in [0.25, 0.3) is 0 Å². The third-order valence-electron chi connectivity index (χ3n) is 3.69. The van der Waals surface area contributed by atoms with Gasteiger partial charge in [0.15, 0.2) is 0 Å². The van der Waals surface area contributed by atoms with Gasteiger partial charge >= 0.3 is 0 Å². The Hall–Kier alpha value is -1.59. The van der Waals surface area contributed by atoms with Crippen molar-refractivity contribution in [2.24, 2.45) is 0 Å². The molecule has 1 amide bonds. The average molecular weight is 306 g/mol. The smallest absolute Gasteiger partial charge is 0.224 e. The molecule has 1 aliphatic heterocycles. The zero-order valence-corrected chi connectivity index (χ0v) is 13.3. The van der Waals surface area contributed by atoms with Gasteiger partial charge in [0.1, 0.15) is 12.4 Å². The van der Waals surface area contributed by atoms with Crippen molar-refractivity contribution in [1.82, 2.24) is 5.32 Å². The molecule has 122 valence electrons. The predicted molar refractivity (Wildman–Crippen MR) is 87.3 cm³/mol. The molecule has 0 aliphatic carbocycles. The summed E-state index contributed by atoms with van der Waals surface area (Å²) in [5, 5.41) is 5.96. The van der Waals surface area contributed by atoms with Gasteiger partial charge < -0.3 is 20.1 Å². The lowest BCUT2D eigenvalue weighted by Gasteiger charge is -2.23. The minimum absolute atomic E-state index is 0.0141. The molecule has 1 aliphatic rings. The van der Waals surface area contributed by atoms with Gasteiger partial charge in [-0.05, 0) is 51.4 Å². The first-order valence-electron chi connectivity index (χ1n) is 8.07. The van der Waals surface area contributed by atoms with Gasteiger partial charge in [-0.25, -0.2) is 0 Å². The molecule has 1 aromatic rings. The lowest BCUT2D eigenvalue weighted by molar-refractivity contribution is -0.116. The minimum atomic E-state index is 0.0141. The molecule has 1 heterocycles. The van der Waals surface area contributed by atoms with Gasteiger partial charge in [0, 0.05) is 13.0 Å². The Morgan fingerprint density at radius 2 is 2.23 bits per heavy atom. The molecule has 1 fully saturated rings. The minimum Gasteiger partial charge on any atom is -0.489 e. The molecular weight excluding hydrogens is 280 g/mol. The second-order valence-electron chi connectivity index (χ2n) is 5.55. The van der Waals surface area contributed by atoms with Crippen LogP contribution in [0.1, 0.15) is 32.1 Å². The molecular formula is C17H26N2O3. The molecule has 5 heteroatoms. The molecule has 0 saturated carbocycles. The molecule has 2 N–H and O–H groups in total. The fourth-order valence-corrected chi connectivity index (χ4v) is 2.46. The summed E-state index contributed by atoms with van der Waals surface area (Å²) >= 11 is 0. The topological polar surface area (TPSA) is 59.6 Å². The fourth-order valence-electron chi connectivity index (χ4n) is 2.46. The molecule has 1 atom stereocenters. The Morgan fingerprint density at radius 1 is 1.36 bits per heavy atom. The van der Waals surface area contributed by atoms with Crippen LogP contribution < -0.4 is 15.4 Å². The monoisotopic (exact) mass is 306 g/mol. The number of nitrogens with one attached hydrogen (secondary N) is 2. The molecule has 2 rings (SSSR count). The molecule has 5 nitrogen and oxygen atoms in total. The van der Waals surface area contributed by atoms with Crippen LogP contribution in [0.5, 0.6) is 5.75 Å². The molecule has 1 aromatic carbocycles. The number of carbonyl (C=O) groups is 1. The van der Waals surface area contributed by atoms with Crippen molar-refractivity contribution < 1.29 is 14.3 Å². The zero-order valence-electron chi connectivity index (χ0n) is 13.3. The second kappa shape index (κ2) is 9.43. The third kappa shape index (κ3) is 5.66. The van der Waals surface area contributed by atoms with E-state index < -0.39 is 0 Å². The molecule has 22 heavy (non-hydrogen) atoms. The van der Waals surface area contributed by atoms with E-state index in [-0.39, 0.29) is 12.0 Å². The van der Waals surface area contributed by atoms with Crippen LogP contribution in [0, 0.1) is 0 Å². The van der Waals surface area contributed by atoms with Crippen molar-refractivity contribution >= 4 is 11.6 Å². The van der Waals surface area contributed by atoms with Gasteiger partial charge in [-0.2, -0.15) is 0 Å². The van der Waals surface area contributed by atoms with Crippen LogP contribution in [0.2, 0.25) is 0 Å². The maximum atomic E-state index is 11.9. The standard InChI is InChI=1S/C17H26N2O3/c1-18-11-6-10-17(20)19-15-8-2-3-9-16(15)22-13-14-7-4-5-12-21-14/h2-3,8-9,14,18H,4-7,10-13H2,1H3,(H,19,20). The van der Waals surface area contributed by atoms with Crippen LogP contribution in [-0.4, -0.2) is 38.8 Å². The van der Waals surface area contributed by atoms with E-state index >= 15 is 0 Å². The van der Waals surface area contributed by atoms with Gasteiger partial charge in [0.05, 0.1) is 11.8 Å². The molecule has 1 saturated heterocycles. The van der Waals surface area contributed by atoms with E-state index in [2.05, 4.69) is 10.6 Å². The quantitative estimate of drug-likeness (QED) is 0.725. The summed E-state index contributed by atoms with van der Waals surface area (Å²) in [6.07, 6.45) is 4.85. The molecule has 0 bridgehead atoms. The Labute approximate surface area is 132 Å². The number of para-hydroxylation sites is 2. The van der Waals surface area contributed by atoms with Crippen molar-refractivity contribution in [1.29, 1.82) is 0 Å². The largest absolute Gasteiger partial charge is 0.489 e. The summed E-state index contributed by atoms with van der Waals surface area (Å²) in [5.41, 5.74) is 0.729. The highest BCUT2D eigenvalue weighted by Crippen LogP contribution is 2.25.